The van der Waals surface area contributed by atoms with Crippen molar-refractivity contribution in [3.63, 3.8) is 0 Å². The van der Waals surface area contributed by atoms with Crippen molar-refractivity contribution in [3.05, 3.63) is 102 Å². The average Bonchev–Trinajstić information content (AvgIpc) is 3.64. The molecule has 7 nitrogen and oxygen atoms in total. The van der Waals surface area contributed by atoms with E-state index in [9.17, 15) is 9.59 Å². The summed E-state index contributed by atoms with van der Waals surface area (Å²) in [5.41, 5.74) is 2.53. The van der Waals surface area contributed by atoms with E-state index in [4.69, 9.17) is 4.74 Å². The smallest absolute Gasteiger partial charge is 0.276 e. The molecule has 5 rings (SSSR count). The maximum absolute atomic E-state index is 13.0. The molecule has 0 unspecified atom stereocenters. The number of hydrogen-bond acceptors (Lipinski definition) is 4. The van der Waals surface area contributed by atoms with E-state index in [-0.39, 0.29) is 23.4 Å². The molecule has 0 radical (unpaired) electrons. The van der Waals surface area contributed by atoms with Crippen molar-refractivity contribution in [3.8, 4) is 11.4 Å². The van der Waals surface area contributed by atoms with Crippen molar-refractivity contribution >= 4 is 23.3 Å². The first kappa shape index (κ1) is 21.5. The second kappa shape index (κ2) is 9.62. The fourth-order valence-corrected chi connectivity index (χ4v) is 3.54. The lowest BCUT2D eigenvalue weighted by Crippen LogP contribution is -2.16. The van der Waals surface area contributed by atoms with Gasteiger partial charge >= 0.3 is 0 Å². The number of benzene rings is 3. The standard InChI is InChI=1S/C27H24N4O3/c32-26(20-14-15-20)29-25-17-24(30-31(25)22-10-3-1-4-11-22)27(33)28-21-9-7-8-19(16-21)18-34-23-12-5-2-6-13-23/h1-13,16-17,20H,14-15,18H2,(H,28,33)(H,29,32). The molecule has 3 aromatic carbocycles. The topological polar surface area (TPSA) is 85.3 Å². The van der Waals surface area contributed by atoms with Crippen LogP contribution >= 0.6 is 0 Å². The zero-order valence-corrected chi connectivity index (χ0v) is 18.5. The first-order chi connectivity index (χ1) is 16.7. The van der Waals surface area contributed by atoms with Gasteiger partial charge in [-0.2, -0.15) is 5.10 Å². The van der Waals surface area contributed by atoms with Crippen LogP contribution in [-0.2, 0) is 11.4 Å². The number of nitrogens with one attached hydrogen (secondary N) is 2. The van der Waals surface area contributed by atoms with Crippen molar-refractivity contribution in [2.45, 2.75) is 19.4 Å². The van der Waals surface area contributed by atoms with Gasteiger partial charge in [-0.05, 0) is 54.8 Å². The third-order valence-corrected chi connectivity index (χ3v) is 5.48. The molecule has 1 aliphatic rings. The monoisotopic (exact) mass is 452 g/mol. The number of aromatic nitrogens is 2. The van der Waals surface area contributed by atoms with Crippen LogP contribution in [0.25, 0.3) is 5.69 Å². The summed E-state index contributed by atoms with van der Waals surface area (Å²) >= 11 is 0. The van der Waals surface area contributed by atoms with Crippen LogP contribution in [0.3, 0.4) is 0 Å². The number of rotatable bonds is 8. The molecule has 1 saturated carbocycles. The summed E-state index contributed by atoms with van der Waals surface area (Å²) in [6.07, 6.45) is 1.78. The molecule has 2 amide bonds. The van der Waals surface area contributed by atoms with Crippen LogP contribution in [-0.4, -0.2) is 21.6 Å². The van der Waals surface area contributed by atoms with E-state index in [1.807, 2.05) is 84.9 Å². The van der Waals surface area contributed by atoms with Gasteiger partial charge in [0.15, 0.2) is 5.69 Å². The first-order valence-corrected chi connectivity index (χ1v) is 11.2. The second-order valence-electron chi connectivity index (χ2n) is 8.18. The Hall–Kier alpha value is -4.39. The Bertz CT molecular complexity index is 1300. The van der Waals surface area contributed by atoms with Crippen LogP contribution in [0.5, 0.6) is 5.75 Å². The van der Waals surface area contributed by atoms with Crippen LogP contribution in [0.15, 0.2) is 91.0 Å². The molecule has 0 aliphatic heterocycles. The second-order valence-corrected chi connectivity index (χ2v) is 8.18. The molecule has 1 aromatic heterocycles. The van der Waals surface area contributed by atoms with Crippen molar-refractivity contribution in [1.29, 1.82) is 0 Å². The maximum atomic E-state index is 13.0. The summed E-state index contributed by atoms with van der Waals surface area (Å²) in [5, 5.41) is 10.3. The van der Waals surface area contributed by atoms with Gasteiger partial charge in [-0.25, -0.2) is 4.68 Å². The van der Waals surface area contributed by atoms with Crippen LogP contribution in [0.2, 0.25) is 0 Å². The molecule has 0 saturated heterocycles. The highest BCUT2D eigenvalue weighted by Gasteiger charge is 2.30. The number of ether oxygens (including phenoxy) is 1. The Morgan fingerprint density at radius 2 is 1.62 bits per heavy atom. The zero-order valence-electron chi connectivity index (χ0n) is 18.5. The van der Waals surface area contributed by atoms with Crippen LogP contribution < -0.4 is 15.4 Å². The molecular formula is C27H24N4O3. The SMILES string of the molecule is O=C(Nc1cccc(COc2ccccc2)c1)c1cc(NC(=O)C2CC2)n(-c2ccccc2)n1. The van der Waals surface area contributed by atoms with Crippen molar-refractivity contribution in [2.24, 2.45) is 5.92 Å². The predicted molar refractivity (Wildman–Crippen MR) is 130 cm³/mol. The number of nitrogens with zero attached hydrogens (tertiary/aromatic N) is 2. The largest absolute Gasteiger partial charge is 0.489 e. The van der Waals surface area contributed by atoms with Crippen molar-refractivity contribution < 1.29 is 14.3 Å². The van der Waals surface area contributed by atoms with E-state index in [2.05, 4.69) is 15.7 Å². The number of anilines is 2. The summed E-state index contributed by atoms with van der Waals surface area (Å²) < 4.78 is 7.38. The van der Waals surface area contributed by atoms with E-state index >= 15 is 0 Å². The number of carbonyl (C=O) groups excluding carboxylic acids is 2. The fourth-order valence-electron chi connectivity index (χ4n) is 3.54. The maximum Gasteiger partial charge on any atom is 0.276 e. The van der Waals surface area contributed by atoms with E-state index in [0.29, 0.717) is 18.1 Å². The summed E-state index contributed by atoms with van der Waals surface area (Å²) in [6.45, 7) is 0.383. The van der Waals surface area contributed by atoms with Gasteiger partial charge in [0, 0.05) is 17.7 Å². The lowest BCUT2D eigenvalue weighted by Gasteiger charge is -2.08. The average molecular weight is 453 g/mol. The van der Waals surface area contributed by atoms with Crippen molar-refractivity contribution in [2.75, 3.05) is 10.6 Å². The first-order valence-electron chi connectivity index (χ1n) is 11.2. The minimum Gasteiger partial charge on any atom is -0.489 e. The molecule has 1 heterocycles. The number of hydrogen-bond donors (Lipinski definition) is 2. The number of amides is 2. The van der Waals surface area contributed by atoms with Crippen LogP contribution in [0, 0.1) is 5.92 Å². The van der Waals surface area contributed by atoms with Gasteiger partial charge in [0.05, 0.1) is 5.69 Å². The van der Waals surface area contributed by atoms with Crippen molar-refractivity contribution in [1.82, 2.24) is 9.78 Å². The third-order valence-electron chi connectivity index (χ3n) is 5.48. The van der Waals surface area contributed by atoms with Crippen LogP contribution in [0.4, 0.5) is 11.5 Å². The van der Waals surface area contributed by atoms with E-state index in [1.165, 1.54) is 0 Å². The molecule has 1 aliphatic carbocycles. The van der Waals surface area contributed by atoms with E-state index in [1.54, 1.807) is 10.7 Å². The van der Waals surface area contributed by atoms with Gasteiger partial charge in [0.1, 0.15) is 18.2 Å². The molecule has 170 valence electrons. The highest BCUT2D eigenvalue weighted by Crippen LogP contribution is 2.30. The van der Waals surface area contributed by atoms with E-state index < -0.39 is 0 Å². The summed E-state index contributed by atoms with van der Waals surface area (Å²) in [7, 11) is 0. The normalized spacial score (nSPS) is 12.7. The zero-order chi connectivity index (χ0) is 23.3. The molecule has 0 atom stereocenters. The number of carbonyl (C=O) groups is 2. The molecule has 4 aromatic rings. The summed E-state index contributed by atoms with van der Waals surface area (Å²) in [4.78, 5) is 25.4. The Kier molecular flexibility index (Phi) is 6.07. The molecule has 2 N–H and O–H groups in total. The van der Waals surface area contributed by atoms with Gasteiger partial charge in [-0.3, -0.25) is 9.59 Å². The Labute approximate surface area is 197 Å². The highest BCUT2D eigenvalue weighted by molar-refractivity contribution is 6.04. The van der Waals surface area contributed by atoms with Gasteiger partial charge in [-0.1, -0.05) is 48.5 Å². The molecule has 34 heavy (non-hydrogen) atoms. The molecule has 7 heteroatoms. The molecular weight excluding hydrogens is 428 g/mol. The Balaban J connectivity index is 1.32. The molecule has 0 bridgehead atoms. The predicted octanol–water partition coefficient (Wildman–Crippen LogP) is 5.05. The highest BCUT2D eigenvalue weighted by atomic mass is 16.5. The quantitative estimate of drug-likeness (QED) is 0.392. The van der Waals surface area contributed by atoms with Gasteiger partial charge in [-0.15, -0.1) is 0 Å². The minimum atomic E-state index is -0.363. The fraction of sp³-hybridized carbons (Fsp3) is 0.148. The third kappa shape index (κ3) is 5.15. The summed E-state index contributed by atoms with van der Waals surface area (Å²) in [6, 6.07) is 28.1. The Morgan fingerprint density at radius 3 is 2.35 bits per heavy atom. The van der Waals surface area contributed by atoms with Gasteiger partial charge in [0.25, 0.3) is 5.91 Å². The van der Waals surface area contributed by atoms with Crippen LogP contribution in [0.1, 0.15) is 28.9 Å². The molecule has 0 spiro atoms. The minimum absolute atomic E-state index is 0.0391. The van der Waals surface area contributed by atoms with Gasteiger partial charge in [0.2, 0.25) is 5.91 Å². The molecule has 1 fully saturated rings. The van der Waals surface area contributed by atoms with E-state index in [0.717, 1.165) is 29.8 Å². The summed E-state index contributed by atoms with van der Waals surface area (Å²) in [5.74, 6) is 0.882. The lowest BCUT2D eigenvalue weighted by atomic mass is 10.2. The van der Waals surface area contributed by atoms with Gasteiger partial charge < -0.3 is 15.4 Å². The lowest BCUT2D eigenvalue weighted by molar-refractivity contribution is -0.117. The Morgan fingerprint density at radius 1 is 0.882 bits per heavy atom. The number of para-hydroxylation sites is 2.